The van der Waals surface area contributed by atoms with Gasteiger partial charge in [-0.2, -0.15) is 14.3 Å². The van der Waals surface area contributed by atoms with Crippen molar-refractivity contribution in [3.63, 3.8) is 0 Å². The first-order chi connectivity index (χ1) is 15.2. The van der Waals surface area contributed by atoms with Crippen LogP contribution in [0.15, 0.2) is 36.4 Å². The lowest BCUT2D eigenvalue weighted by molar-refractivity contribution is -0.274. The summed E-state index contributed by atoms with van der Waals surface area (Å²) in [5.41, 5.74) is 1.95. The number of hydrogen-bond acceptors (Lipinski definition) is 6. The van der Waals surface area contributed by atoms with E-state index >= 15 is 0 Å². The highest BCUT2D eigenvalue weighted by Crippen LogP contribution is 2.43. The van der Waals surface area contributed by atoms with E-state index in [-0.39, 0.29) is 23.6 Å². The van der Waals surface area contributed by atoms with E-state index in [1.54, 1.807) is 32.0 Å². The van der Waals surface area contributed by atoms with Gasteiger partial charge < -0.3 is 10.1 Å². The third kappa shape index (κ3) is 3.33. The number of hydrogen-bond donors (Lipinski definition) is 1. The second kappa shape index (κ2) is 7.04. The van der Waals surface area contributed by atoms with E-state index in [0.29, 0.717) is 34.4 Å². The van der Waals surface area contributed by atoms with Crippen molar-refractivity contribution in [2.45, 2.75) is 32.5 Å². The maximum Gasteiger partial charge on any atom is 0.573 e. The Morgan fingerprint density at radius 3 is 2.66 bits per heavy atom. The monoisotopic (exact) mass is 443 g/mol. The first kappa shape index (κ1) is 20.0. The number of benzene rings is 1. The molecule has 0 unspecified atom stereocenters. The number of nitrogens with one attached hydrogen (secondary N) is 1. The van der Waals surface area contributed by atoms with Crippen molar-refractivity contribution < 1.29 is 22.7 Å². The van der Waals surface area contributed by atoms with Crippen molar-refractivity contribution in [1.29, 1.82) is 0 Å². The lowest BCUT2D eigenvalue weighted by Crippen LogP contribution is -2.26. The summed E-state index contributed by atoms with van der Waals surface area (Å²) in [5, 5.41) is 19.8. The number of aromatic nitrogens is 6. The molecular weight excluding hydrogens is 427 g/mol. The van der Waals surface area contributed by atoms with Gasteiger partial charge in [0.2, 0.25) is 5.91 Å². The Labute approximate surface area is 178 Å². The van der Waals surface area contributed by atoms with Crippen LogP contribution in [-0.2, 0) is 4.79 Å². The lowest BCUT2D eigenvalue weighted by Gasteiger charge is -2.26. The standard InChI is InChI=1S/C20H16F3N7O2/c1-10-18-13(12-5-3-4-6-14(12)32-20(21,22)23)9-17(31)24-19(18)30(27-10)16-8-7-15-26-25-11(2)29(15)28-16/h3-8,13H,9H2,1-2H3,(H,24,31)/t13-/m1/s1. The van der Waals surface area contributed by atoms with E-state index in [1.807, 2.05) is 0 Å². The fraction of sp³-hybridized carbons (Fsp3) is 0.250. The quantitative estimate of drug-likeness (QED) is 0.522. The molecule has 9 nitrogen and oxygen atoms in total. The number of carbonyl (C=O) groups excluding carboxylic acids is 1. The zero-order valence-corrected chi connectivity index (χ0v) is 16.9. The molecule has 1 aliphatic rings. The number of ether oxygens (including phenoxy) is 1. The molecule has 0 aliphatic carbocycles. The molecule has 12 heteroatoms. The molecule has 0 bridgehead atoms. The van der Waals surface area contributed by atoms with E-state index in [9.17, 15) is 18.0 Å². The second-order valence-corrected chi connectivity index (χ2v) is 7.36. The molecule has 1 amide bonds. The van der Waals surface area contributed by atoms with Gasteiger partial charge in [0, 0.05) is 23.5 Å². The van der Waals surface area contributed by atoms with Crippen LogP contribution in [0.25, 0.3) is 11.5 Å². The number of anilines is 1. The van der Waals surface area contributed by atoms with Crippen LogP contribution in [0, 0.1) is 13.8 Å². The number of para-hydroxylation sites is 1. The fourth-order valence-electron chi connectivity index (χ4n) is 3.96. The molecule has 1 atom stereocenters. The van der Waals surface area contributed by atoms with Crippen molar-refractivity contribution >= 4 is 17.4 Å². The highest BCUT2D eigenvalue weighted by atomic mass is 19.4. The van der Waals surface area contributed by atoms with Crippen LogP contribution < -0.4 is 10.1 Å². The number of halogens is 3. The number of fused-ring (bicyclic) bond motifs is 2. The van der Waals surface area contributed by atoms with Crippen LogP contribution in [0.4, 0.5) is 19.0 Å². The third-order valence-corrected chi connectivity index (χ3v) is 5.24. The minimum absolute atomic E-state index is 0.0468. The summed E-state index contributed by atoms with van der Waals surface area (Å²) < 4.78 is 46.1. The molecule has 0 saturated heterocycles. The van der Waals surface area contributed by atoms with Crippen LogP contribution in [-0.4, -0.2) is 41.9 Å². The van der Waals surface area contributed by atoms with Gasteiger partial charge >= 0.3 is 6.36 Å². The summed E-state index contributed by atoms with van der Waals surface area (Å²) in [7, 11) is 0. The molecule has 3 aromatic heterocycles. The molecule has 4 aromatic rings. The van der Waals surface area contributed by atoms with Crippen LogP contribution in [0.1, 0.15) is 35.0 Å². The Morgan fingerprint density at radius 1 is 1.09 bits per heavy atom. The number of aryl methyl sites for hydroxylation is 2. The Morgan fingerprint density at radius 2 is 1.88 bits per heavy atom. The number of rotatable bonds is 3. The number of carbonyl (C=O) groups is 1. The minimum atomic E-state index is -4.86. The molecule has 0 saturated carbocycles. The fourth-order valence-corrected chi connectivity index (χ4v) is 3.96. The molecular formula is C20H16F3N7O2. The summed E-state index contributed by atoms with van der Waals surface area (Å²) in [4.78, 5) is 12.6. The average molecular weight is 443 g/mol. The van der Waals surface area contributed by atoms with E-state index in [0.717, 1.165) is 0 Å². The maximum atomic E-state index is 13.0. The van der Waals surface area contributed by atoms with Crippen molar-refractivity contribution in [2.24, 2.45) is 0 Å². The molecule has 32 heavy (non-hydrogen) atoms. The Kier molecular flexibility index (Phi) is 4.39. The predicted octanol–water partition coefficient (Wildman–Crippen LogP) is 3.30. The smallest absolute Gasteiger partial charge is 0.405 e. The van der Waals surface area contributed by atoms with Gasteiger partial charge in [-0.1, -0.05) is 18.2 Å². The second-order valence-electron chi connectivity index (χ2n) is 7.36. The zero-order valence-electron chi connectivity index (χ0n) is 16.9. The number of amides is 1. The molecule has 0 fully saturated rings. The van der Waals surface area contributed by atoms with Gasteiger partial charge in [-0.05, 0) is 32.0 Å². The van der Waals surface area contributed by atoms with Crippen LogP contribution >= 0.6 is 0 Å². The highest BCUT2D eigenvalue weighted by molar-refractivity contribution is 5.95. The molecule has 5 rings (SSSR count). The molecule has 1 N–H and O–H groups in total. The molecule has 4 heterocycles. The number of alkyl halides is 3. The van der Waals surface area contributed by atoms with E-state index in [1.165, 1.54) is 27.4 Å². The largest absolute Gasteiger partial charge is 0.573 e. The summed E-state index contributed by atoms with van der Waals surface area (Å²) in [6, 6.07) is 9.20. The van der Waals surface area contributed by atoms with E-state index in [4.69, 9.17) is 0 Å². The van der Waals surface area contributed by atoms with Gasteiger partial charge in [-0.15, -0.1) is 28.5 Å². The summed E-state index contributed by atoms with van der Waals surface area (Å²) >= 11 is 0. The van der Waals surface area contributed by atoms with Crippen molar-refractivity contribution in [3.05, 3.63) is 59.0 Å². The van der Waals surface area contributed by atoms with Gasteiger partial charge in [-0.25, -0.2) is 0 Å². The van der Waals surface area contributed by atoms with Gasteiger partial charge in [0.15, 0.2) is 17.3 Å². The minimum Gasteiger partial charge on any atom is -0.405 e. The summed E-state index contributed by atoms with van der Waals surface area (Å²) in [6.07, 6.45) is -4.90. The molecule has 0 spiro atoms. The highest BCUT2D eigenvalue weighted by Gasteiger charge is 2.37. The summed E-state index contributed by atoms with van der Waals surface area (Å²) in [5.74, 6) is -0.0655. The van der Waals surface area contributed by atoms with Crippen LogP contribution in [0.3, 0.4) is 0 Å². The van der Waals surface area contributed by atoms with Gasteiger partial charge in [0.1, 0.15) is 11.6 Å². The van der Waals surface area contributed by atoms with Crippen molar-refractivity contribution in [2.75, 3.05) is 5.32 Å². The first-order valence-corrected chi connectivity index (χ1v) is 9.65. The number of nitrogens with zero attached hydrogens (tertiary/aromatic N) is 6. The molecule has 1 aromatic carbocycles. The lowest BCUT2D eigenvalue weighted by atomic mass is 9.85. The Bertz CT molecular complexity index is 1360. The molecule has 164 valence electrons. The van der Waals surface area contributed by atoms with Crippen molar-refractivity contribution in [1.82, 2.24) is 29.6 Å². The maximum absolute atomic E-state index is 13.0. The van der Waals surface area contributed by atoms with Crippen LogP contribution in [0.5, 0.6) is 5.75 Å². The van der Waals surface area contributed by atoms with Gasteiger partial charge in [0.05, 0.1) is 5.69 Å². The third-order valence-electron chi connectivity index (χ3n) is 5.24. The molecule has 1 aliphatic heterocycles. The zero-order chi connectivity index (χ0) is 22.6. The van der Waals surface area contributed by atoms with Gasteiger partial charge in [0.25, 0.3) is 0 Å². The van der Waals surface area contributed by atoms with Crippen molar-refractivity contribution in [3.8, 4) is 11.6 Å². The average Bonchev–Trinajstić information content (AvgIpc) is 3.26. The topological polar surface area (TPSA) is 99.2 Å². The SMILES string of the molecule is Cc1nn(-c2ccc3nnc(C)n3n2)c2c1[C@@H](c1ccccc1OC(F)(F)F)CC(=O)N2. The molecule has 0 radical (unpaired) electrons. The first-order valence-electron chi connectivity index (χ1n) is 9.65. The Hall–Kier alpha value is -3.96. The predicted molar refractivity (Wildman–Crippen MR) is 106 cm³/mol. The van der Waals surface area contributed by atoms with Gasteiger partial charge in [-0.3, -0.25) is 4.79 Å². The van der Waals surface area contributed by atoms with Crippen LogP contribution in [0.2, 0.25) is 0 Å². The van der Waals surface area contributed by atoms with E-state index in [2.05, 4.69) is 30.4 Å². The Balaban J connectivity index is 1.65. The van der Waals surface area contributed by atoms with E-state index < -0.39 is 12.3 Å². The normalized spacial score (nSPS) is 16.2. The summed E-state index contributed by atoms with van der Waals surface area (Å²) in [6.45, 7) is 3.48.